The van der Waals surface area contributed by atoms with Crippen molar-refractivity contribution in [3.63, 3.8) is 0 Å². The third-order valence-electron chi connectivity index (χ3n) is 7.79. The Morgan fingerprint density at radius 2 is 1.88 bits per heavy atom. The largest absolute Gasteiger partial charge is 0.461 e. The van der Waals surface area contributed by atoms with E-state index in [-0.39, 0.29) is 0 Å². The fourth-order valence-corrected chi connectivity index (χ4v) is 6.26. The van der Waals surface area contributed by atoms with Crippen LogP contribution < -0.4 is 9.13 Å². The molecule has 0 N–H and O–H groups in total. The van der Waals surface area contributed by atoms with Gasteiger partial charge in [-0.2, -0.15) is 9.13 Å². The van der Waals surface area contributed by atoms with Crippen molar-refractivity contribution in [1.29, 1.82) is 0 Å². The molecule has 3 aromatic rings. The molecule has 4 nitrogen and oxygen atoms in total. The van der Waals surface area contributed by atoms with Crippen LogP contribution in [0.5, 0.6) is 0 Å². The number of hydrogen-bond donors (Lipinski definition) is 0. The van der Waals surface area contributed by atoms with E-state index in [0.29, 0.717) is 29.7 Å². The highest BCUT2D eigenvalue weighted by Gasteiger charge is 2.67. The first-order chi connectivity index (χ1) is 16.3. The van der Waals surface area contributed by atoms with Crippen LogP contribution in [-0.4, -0.2) is 13.1 Å². The molecule has 34 heavy (non-hydrogen) atoms. The van der Waals surface area contributed by atoms with E-state index in [0.717, 1.165) is 29.4 Å². The van der Waals surface area contributed by atoms with E-state index in [2.05, 4.69) is 24.5 Å². The Morgan fingerprint density at radius 3 is 2.59 bits per heavy atom. The van der Waals surface area contributed by atoms with Gasteiger partial charge in [-0.1, -0.05) is 13.8 Å². The maximum absolute atomic E-state index is 15.4. The summed E-state index contributed by atoms with van der Waals surface area (Å²) in [5.41, 5.74) is 3.01. The summed E-state index contributed by atoms with van der Waals surface area (Å²) in [5.74, 6) is -1.58. The Kier molecular flexibility index (Phi) is 5.15. The molecule has 6 heteroatoms. The zero-order valence-electron chi connectivity index (χ0n) is 19.9. The van der Waals surface area contributed by atoms with E-state index in [1.807, 2.05) is 42.1 Å². The van der Waals surface area contributed by atoms with Gasteiger partial charge in [0.25, 0.3) is 5.69 Å². The number of rotatable bonds is 4. The Labute approximate surface area is 198 Å². The number of halogens is 2. The number of fused-ring (bicyclic) bond motifs is 6. The van der Waals surface area contributed by atoms with E-state index in [1.165, 1.54) is 13.2 Å². The number of carbonyl (C=O) groups is 1. The van der Waals surface area contributed by atoms with Crippen molar-refractivity contribution in [2.24, 2.45) is 0 Å². The molecule has 0 bridgehead atoms. The van der Waals surface area contributed by atoms with Crippen molar-refractivity contribution >= 4 is 11.7 Å². The van der Waals surface area contributed by atoms with Gasteiger partial charge < -0.3 is 4.74 Å². The number of esters is 1. The summed E-state index contributed by atoms with van der Waals surface area (Å²) in [6.07, 6.45) is 7.96. The number of pyridine rings is 2. The highest BCUT2D eigenvalue weighted by atomic mass is 19.1. The van der Waals surface area contributed by atoms with Gasteiger partial charge in [0.2, 0.25) is 5.69 Å². The van der Waals surface area contributed by atoms with Crippen LogP contribution in [0.1, 0.15) is 54.7 Å². The third-order valence-corrected chi connectivity index (χ3v) is 7.79. The predicted octanol–water partition coefficient (Wildman–Crippen LogP) is 5.01. The van der Waals surface area contributed by atoms with Crippen LogP contribution in [0.3, 0.4) is 0 Å². The fraction of sp³-hybridized carbons (Fsp3) is 0.321. The van der Waals surface area contributed by atoms with Crippen molar-refractivity contribution in [2.45, 2.75) is 51.0 Å². The van der Waals surface area contributed by atoms with Gasteiger partial charge in [-0.15, -0.1) is 0 Å². The van der Waals surface area contributed by atoms with Crippen LogP contribution >= 0.6 is 0 Å². The molecule has 2 aliphatic rings. The monoisotopic (exact) mass is 462 g/mol. The summed E-state index contributed by atoms with van der Waals surface area (Å²) in [7, 11) is 1.36. The van der Waals surface area contributed by atoms with Crippen LogP contribution in [0.25, 0.3) is 17.0 Å². The smallest absolute Gasteiger partial charge is 0.403 e. The van der Waals surface area contributed by atoms with Crippen LogP contribution in [0.15, 0.2) is 60.9 Å². The molecule has 0 spiro atoms. The molecule has 1 aromatic carbocycles. The molecule has 0 saturated heterocycles. The van der Waals surface area contributed by atoms with Crippen LogP contribution in [0.2, 0.25) is 0 Å². The molecular weight excluding hydrogens is 434 g/mol. The van der Waals surface area contributed by atoms with Gasteiger partial charge in [0.15, 0.2) is 23.6 Å². The Bertz CT molecular complexity index is 1370. The van der Waals surface area contributed by atoms with Gasteiger partial charge in [0.1, 0.15) is 11.6 Å². The van der Waals surface area contributed by atoms with E-state index in [4.69, 9.17) is 4.74 Å². The Hall–Kier alpha value is -3.41. The Balaban J connectivity index is 1.87. The lowest BCUT2D eigenvalue weighted by molar-refractivity contribution is -0.767. The van der Waals surface area contributed by atoms with Crippen molar-refractivity contribution in [3.05, 3.63) is 89.4 Å². The van der Waals surface area contributed by atoms with Crippen molar-refractivity contribution in [2.75, 3.05) is 7.11 Å². The summed E-state index contributed by atoms with van der Waals surface area (Å²) in [6.45, 7) is 6.16. The fourth-order valence-electron chi connectivity index (χ4n) is 6.26. The zero-order valence-corrected chi connectivity index (χ0v) is 19.9. The van der Waals surface area contributed by atoms with Crippen LogP contribution in [-0.2, 0) is 15.7 Å². The number of benzene rings is 1. The number of hydrogen-bond acceptors (Lipinski definition) is 2. The minimum absolute atomic E-state index is 0.409. The lowest BCUT2D eigenvalue weighted by Crippen LogP contribution is -2.68. The van der Waals surface area contributed by atoms with Gasteiger partial charge >= 0.3 is 5.97 Å². The molecule has 0 fully saturated rings. The Morgan fingerprint density at radius 1 is 1.09 bits per heavy atom. The van der Waals surface area contributed by atoms with Crippen LogP contribution in [0.4, 0.5) is 8.78 Å². The topological polar surface area (TPSA) is 34.1 Å². The SMILES string of the molecule is CCC12C=C([n+]3ccccc3C(=O)OC)CC1(CC)[n+]1ccc(C)cc1-c1c(F)cc(F)cc12. The summed E-state index contributed by atoms with van der Waals surface area (Å²) >= 11 is 0. The first-order valence-electron chi connectivity index (χ1n) is 11.7. The van der Waals surface area contributed by atoms with E-state index < -0.39 is 28.6 Å². The zero-order chi connectivity index (χ0) is 24.3. The average Bonchev–Trinajstić information content (AvgIpc) is 3.20. The van der Waals surface area contributed by atoms with E-state index in [9.17, 15) is 9.18 Å². The number of allylic oxidation sites excluding steroid dienone is 2. The van der Waals surface area contributed by atoms with Gasteiger partial charge in [-0.3, -0.25) is 0 Å². The molecule has 1 aliphatic carbocycles. The summed E-state index contributed by atoms with van der Waals surface area (Å²) in [6, 6.07) is 11.9. The standard InChI is InChI=1S/C28H28F2N2O2/c1-5-27-16-20(31-11-8-7-9-23(31)26(33)34-4)17-28(27,6-2)32-12-10-18(3)13-24(32)25-21(27)14-19(29)15-22(25)30/h7-16H,5-6,17H2,1-4H3/q+2. The van der Waals surface area contributed by atoms with Crippen molar-refractivity contribution in [1.82, 2.24) is 0 Å². The predicted molar refractivity (Wildman–Crippen MR) is 124 cm³/mol. The van der Waals surface area contributed by atoms with Gasteiger partial charge in [-0.05, 0) is 36.6 Å². The van der Waals surface area contributed by atoms with Crippen molar-refractivity contribution < 1.29 is 27.4 Å². The highest BCUT2D eigenvalue weighted by Crippen LogP contribution is 2.58. The second kappa shape index (κ2) is 7.83. The maximum atomic E-state index is 15.4. The molecule has 0 amide bonds. The third kappa shape index (κ3) is 2.84. The van der Waals surface area contributed by atoms with E-state index >= 15 is 4.39 Å². The number of ether oxygens (including phenoxy) is 1. The molecule has 3 heterocycles. The minimum Gasteiger partial charge on any atom is -0.461 e. The van der Waals surface area contributed by atoms with E-state index in [1.54, 1.807) is 12.1 Å². The lowest BCUT2D eigenvalue weighted by atomic mass is 9.60. The molecule has 2 unspecified atom stereocenters. The first-order valence-corrected chi connectivity index (χ1v) is 11.7. The molecule has 1 aliphatic heterocycles. The second-order valence-corrected chi connectivity index (χ2v) is 9.24. The number of methoxy groups -OCH3 is 1. The minimum atomic E-state index is -0.668. The van der Waals surface area contributed by atoms with Gasteiger partial charge in [0.05, 0.1) is 24.5 Å². The quantitative estimate of drug-likeness (QED) is 0.403. The molecule has 2 aromatic heterocycles. The van der Waals surface area contributed by atoms with Gasteiger partial charge in [-0.25, -0.2) is 13.6 Å². The lowest BCUT2D eigenvalue weighted by Gasteiger charge is -2.44. The molecule has 0 saturated carbocycles. The second-order valence-electron chi connectivity index (χ2n) is 9.24. The summed E-state index contributed by atoms with van der Waals surface area (Å²) < 4.78 is 39.2. The number of aromatic nitrogens is 2. The highest BCUT2D eigenvalue weighted by molar-refractivity contribution is 5.86. The first kappa shape index (κ1) is 22.4. The molecule has 0 radical (unpaired) electrons. The average molecular weight is 463 g/mol. The molecule has 2 atom stereocenters. The molecule has 174 valence electrons. The normalized spacial score (nSPS) is 22.5. The number of carbonyl (C=O) groups excluding carboxylic acids is 1. The molecule has 5 rings (SSSR count). The molecular formula is C28H28F2N2O2+2. The van der Waals surface area contributed by atoms with Crippen LogP contribution in [0, 0.1) is 18.6 Å². The van der Waals surface area contributed by atoms with Gasteiger partial charge in [0, 0.05) is 42.8 Å². The van der Waals surface area contributed by atoms with Crippen molar-refractivity contribution in [3.8, 4) is 11.3 Å². The number of aryl methyl sites for hydroxylation is 1. The number of nitrogens with zero attached hydrogens (tertiary/aromatic N) is 2. The summed E-state index contributed by atoms with van der Waals surface area (Å²) in [5, 5.41) is 0. The maximum Gasteiger partial charge on any atom is 0.403 e. The summed E-state index contributed by atoms with van der Waals surface area (Å²) in [4.78, 5) is 12.6.